The van der Waals surface area contributed by atoms with Gasteiger partial charge in [0.1, 0.15) is 5.76 Å². The van der Waals surface area contributed by atoms with Gasteiger partial charge in [-0.1, -0.05) is 0 Å². The van der Waals surface area contributed by atoms with Crippen molar-refractivity contribution in [3.8, 4) is 6.19 Å². The number of nitrogens with one attached hydrogen (secondary N) is 1. The Morgan fingerprint density at radius 3 is 2.89 bits per heavy atom. The van der Waals surface area contributed by atoms with E-state index in [0.29, 0.717) is 5.96 Å². The number of aryl methyl sites for hydroxylation is 2. The molecule has 0 fully saturated rings. The van der Waals surface area contributed by atoms with Gasteiger partial charge in [0, 0.05) is 12.7 Å². The van der Waals surface area contributed by atoms with Crippen molar-refractivity contribution in [2.75, 3.05) is 19.3 Å². The van der Waals surface area contributed by atoms with Crippen molar-refractivity contribution in [2.45, 2.75) is 26.0 Å². The van der Waals surface area contributed by atoms with Crippen molar-refractivity contribution < 1.29 is 8.99 Å². The SMILES string of the molecule is Cc1nc(CSCCC[N+](C)=C(N)NC#N)c(C)o1. The minimum atomic E-state index is 0.385. The molecule has 0 saturated carbocycles. The summed E-state index contributed by atoms with van der Waals surface area (Å²) in [7, 11) is 1.86. The molecular formula is C12H20N5OS+. The lowest BCUT2D eigenvalue weighted by atomic mass is 10.4. The highest BCUT2D eigenvalue weighted by Gasteiger charge is 2.06. The number of nitriles is 1. The lowest BCUT2D eigenvalue weighted by molar-refractivity contribution is -0.499. The molecule has 0 aliphatic carbocycles. The van der Waals surface area contributed by atoms with E-state index in [9.17, 15) is 0 Å². The van der Waals surface area contributed by atoms with Crippen LogP contribution in [0.25, 0.3) is 0 Å². The van der Waals surface area contributed by atoms with Crippen molar-refractivity contribution in [2.24, 2.45) is 5.73 Å². The largest absolute Gasteiger partial charge is 0.446 e. The molecule has 0 aliphatic heterocycles. The summed E-state index contributed by atoms with van der Waals surface area (Å²) in [6.07, 6.45) is 2.79. The van der Waals surface area contributed by atoms with Gasteiger partial charge in [0.15, 0.2) is 5.89 Å². The number of hydrogen-bond acceptors (Lipinski definition) is 4. The molecule has 6 nitrogen and oxygen atoms in total. The van der Waals surface area contributed by atoms with Crippen molar-refractivity contribution >= 4 is 17.7 Å². The monoisotopic (exact) mass is 282 g/mol. The molecule has 1 heterocycles. The molecule has 19 heavy (non-hydrogen) atoms. The van der Waals surface area contributed by atoms with Crippen LogP contribution in [0.4, 0.5) is 0 Å². The molecule has 0 saturated heterocycles. The van der Waals surface area contributed by atoms with Gasteiger partial charge in [-0.2, -0.15) is 22.3 Å². The molecule has 0 bridgehead atoms. The number of thioether (sulfide) groups is 1. The summed E-state index contributed by atoms with van der Waals surface area (Å²) >= 11 is 1.82. The first-order valence-electron chi connectivity index (χ1n) is 6.04. The van der Waals surface area contributed by atoms with Crippen LogP contribution in [0.15, 0.2) is 4.42 Å². The summed E-state index contributed by atoms with van der Waals surface area (Å²) in [6, 6.07) is 0. The summed E-state index contributed by atoms with van der Waals surface area (Å²) in [5.74, 6) is 3.88. The zero-order valence-electron chi connectivity index (χ0n) is 11.6. The van der Waals surface area contributed by atoms with Gasteiger partial charge in [0.2, 0.25) is 0 Å². The number of aromatic nitrogens is 1. The van der Waals surface area contributed by atoms with E-state index >= 15 is 0 Å². The summed E-state index contributed by atoms with van der Waals surface area (Å²) in [4.78, 5) is 4.33. The fourth-order valence-electron chi connectivity index (χ4n) is 1.55. The van der Waals surface area contributed by atoms with Gasteiger partial charge in [-0.25, -0.2) is 4.98 Å². The smallest absolute Gasteiger partial charge is 0.357 e. The van der Waals surface area contributed by atoms with Crippen LogP contribution in [0, 0.1) is 25.3 Å². The molecule has 3 N–H and O–H groups in total. The number of rotatable bonds is 6. The number of nitrogens with zero attached hydrogens (tertiary/aromatic N) is 3. The van der Waals surface area contributed by atoms with E-state index in [0.717, 1.165) is 41.8 Å². The molecule has 0 aliphatic rings. The normalized spacial score (nSPS) is 11.9. The minimum absolute atomic E-state index is 0.385. The molecule has 0 unspecified atom stereocenters. The lowest BCUT2D eigenvalue weighted by Gasteiger charge is -2.03. The zero-order valence-corrected chi connectivity index (χ0v) is 12.4. The molecule has 0 spiro atoms. The topological polar surface area (TPSA) is 90.9 Å². The van der Waals surface area contributed by atoms with Gasteiger partial charge in [0.05, 0.1) is 19.3 Å². The summed E-state index contributed by atoms with van der Waals surface area (Å²) in [5.41, 5.74) is 6.66. The van der Waals surface area contributed by atoms with Gasteiger partial charge in [-0.05, 0) is 19.1 Å². The Kier molecular flexibility index (Phi) is 6.22. The standard InChI is InChI=1S/C12H19N5OS/c1-9-11(16-10(2)18-9)7-19-6-4-5-17(3)12(14)15-8-13/h4-7H2,1-3H3,(H2,14,15)/p+1. The van der Waals surface area contributed by atoms with Crippen LogP contribution in [0.1, 0.15) is 23.8 Å². The van der Waals surface area contributed by atoms with E-state index in [2.05, 4.69) is 10.3 Å². The Balaban J connectivity index is 2.24. The predicted molar refractivity (Wildman–Crippen MR) is 75.8 cm³/mol. The predicted octanol–water partition coefficient (Wildman–Crippen LogP) is 0.942. The fraction of sp³-hybridized carbons (Fsp3) is 0.583. The van der Waals surface area contributed by atoms with Crippen LogP contribution in [-0.2, 0) is 5.75 Å². The van der Waals surface area contributed by atoms with Crippen molar-refractivity contribution in [3.63, 3.8) is 0 Å². The summed E-state index contributed by atoms with van der Waals surface area (Å²) in [5, 5.41) is 10.9. The molecule has 0 atom stereocenters. The lowest BCUT2D eigenvalue weighted by Crippen LogP contribution is -2.37. The first-order chi connectivity index (χ1) is 9.04. The summed E-state index contributed by atoms with van der Waals surface area (Å²) in [6.45, 7) is 4.61. The highest BCUT2D eigenvalue weighted by molar-refractivity contribution is 7.98. The van der Waals surface area contributed by atoms with Crippen molar-refractivity contribution in [1.82, 2.24) is 10.3 Å². The zero-order chi connectivity index (χ0) is 14.3. The third-order valence-electron chi connectivity index (χ3n) is 2.62. The van der Waals surface area contributed by atoms with E-state index in [-0.39, 0.29) is 0 Å². The maximum atomic E-state index is 8.44. The molecule has 0 amide bonds. The maximum Gasteiger partial charge on any atom is 0.357 e. The fourth-order valence-corrected chi connectivity index (χ4v) is 2.49. The van der Waals surface area contributed by atoms with Gasteiger partial charge >= 0.3 is 5.96 Å². The Morgan fingerprint density at radius 2 is 2.32 bits per heavy atom. The second-order valence-electron chi connectivity index (χ2n) is 4.19. The van der Waals surface area contributed by atoms with E-state index in [1.54, 1.807) is 6.19 Å². The van der Waals surface area contributed by atoms with Crippen LogP contribution in [0.2, 0.25) is 0 Å². The van der Waals surface area contributed by atoms with Crippen molar-refractivity contribution in [3.05, 3.63) is 17.3 Å². The highest BCUT2D eigenvalue weighted by Crippen LogP contribution is 2.16. The third-order valence-corrected chi connectivity index (χ3v) is 3.67. The molecular weight excluding hydrogens is 262 g/mol. The average molecular weight is 282 g/mol. The molecule has 0 aromatic carbocycles. The van der Waals surface area contributed by atoms with Crippen LogP contribution in [-0.4, -0.2) is 34.9 Å². The highest BCUT2D eigenvalue weighted by atomic mass is 32.2. The van der Waals surface area contributed by atoms with Crippen LogP contribution in [0.5, 0.6) is 0 Å². The van der Waals surface area contributed by atoms with Crippen LogP contribution >= 0.6 is 11.8 Å². The van der Waals surface area contributed by atoms with Crippen molar-refractivity contribution in [1.29, 1.82) is 5.26 Å². The Bertz CT molecular complexity index is 489. The second-order valence-corrected chi connectivity index (χ2v) is 5.29. The molecule has 104 valence electrons. The number of oxazole rings is 1. The molecule has 0 radical (unpaired) electrons. The Hall–Kier alpha value is -1.68. The minimum Gasteiger partial charge on any atom is -0.446 e. The number of nitrogens with two attached hydrogens (primary N) is 1. The van der Waals surface area contributed by atoms with Gasteiger partial charge in [0.25, 0.3) is 6.19 Å². The van der Waals surface area contributed by atoms with Gasteiger partial charge in [-0.15, -0.1) is 0 Å². The molecule has 1 rings (SSSR count). The van der Waals surface area contributed by atoms with E-state index in [1.165, 1.54) is 0 Å². The van der Waals surface area contributed by atoms with Crippen LogP contribution in [0.3, 0.4) is 0 Å². The Morgan fingerprint density at radius 1 is 1.58 bits per heavy atom. The first-order valence-corrected chi connectivity index (χ1v) is 7.19. The van der Waals surface area contributed by atoms with Gasteiger partial charge < -0.3 is 4.42 Å². The molecule has 7 heteroatoms. The molecule has 1 aromatic heterocycles. The maximum absolute atomic E-state index is 8.44. The summed E-state index contributed by atoms with van der Waals surface area (Å²) < 4.78 is 7.21. The number of guanidine groups is 1. The first kappa shape index (κ1) is 15.4. The van der Waals surface area contributed by atoms with E-state index in [4.69, 9.17) is 15.4 Å². The second kappa shape index (κ2) is 7.69. The van der Waals surface area contributed by atoms with Gasteiger partial charge in [-0.3, -0.25) is 10.3 Å². The van der Waals surface area contributed by atoms with E-state index in [1.807, 2.05) is 37.2 Å². The third kappa shape index (κ3) is 5.22. The quantitative estimate of drug-likeness (QED) is 0.201. The average Bonchev–Trinajstić information content (AvgIpc) is 2.67. The molecule has 1 aromatic rings. The number of hydrogen-bond donors (Lipinski definition) is 2. The van der Waals surface area contributed by atoms with E-state index < -0.39 is 0 Å². The Labute approximate surface area is 117 Å². The van der Waals surface area contributed by atoms with Crippen LogP contribution < -0.4 is 11.1 Å².